The Bertz CT molecular complexity index is 562. The van der Waals surface area contributed by atoms with Gasteiger partial charge in [0.15, 0.2) is 0 Å². The number of carbonyl (C=O) groups excluding carboxylic acids is 1. The normalized spacial score (nSPS) is 12.1. The summed E-state index contributed by atoms with van der Waals surface area (Å²) < 4.78 is 1.98. The number of nitrogens with zero attached hydrogens (tertiary/aromatic N) is 1. The highest BCUT2D eigenvalue weighted by atomic mass is 16.1. The quantitative estimate of drug-likeness (QED) is 0.818. The molecule has 0 spiro atoms. The lowest BCUT2D eigenvalue weighted by atomic mass is 10.2. The second kappa shape index (κ2) is 7.64. The molecule has 4 nitrogen and oxygen atoms in total. The van der Waals surface area contributed by atoms with Crippen LogP contribution in [0.1, 0.15) is 23.0 Å². The van der Waals surface area contributed by atoms with Gasteiger partial charge in [-0.3, -0.25) is 4.79 Å². The summed E-state index contributed by atoms with van der Waals surface area (Å²) in [5, 5.41) is 6.11. The van der Waals surface area contributed by atoms with Crippen LogP contribution in [-0.2, 0) is 6.54 Å². The summed E-state index contributed by atoms with van der Waals surface area (Å²) in [6.07, 6.45) is 1.94. The van der Waals surface area contributed by atoms with E-state index < -0.39 is 0 Å². The molecule has 0 fully saturated rings. The maximum absolute atomic E-state index is 12.3. The molecule has 2 aromatic rings. The van der Waals surface area contributed by atoms with Gasteiger partial charge in [0.2, 0.25) is 0 Å². The summed E-state index contributed by atoms with van der Waals surface area (Å²) in [6, 6.07) is 13.9. The second-order valence-electron chi connectivity index (χ2n) is 5.38. The van der Waals surface area contributed by atoms with E-state index in [-0.39, 0.29) is 5.91 Å². The second-order valence-corrected chi connectivity index (χ2v) is 5.38. The summed E-state index contributed by atoms with van der Waals surface area (Å²) in [5.41, 5.74) is 1.89. The van der Waals surface area contributed by atoms with Gasteiger partial charge in [-0.05, 0) is 37.2 Å². The van der Waals surface area contributed by atoms with E-state index in [1.807, 2.05) is 48.1 Å². The van der Waals surface area contributed by atoms with Gasteiger partial charge in [-0.15, -0.1) is 0 Å². The van der Waals surface area contributed by atoms with Crippen LogP contribution in [-0.4, -0.2) is 30.6 Å². The van der Waals surface area contributed by atoms with Gasteiger partial charge in [-0.1, -0.05) is 37.3 Å². The molecule has 1 amide bonds. The maximum Gasteiger partial charge on any atom is 0.267 e. The Morgan fingerprint density at radius 3 is 2.62 bits per heavy atom. The Morgan fingerprint density at radius 2 is 1.90 bits per heavy atom. The largest absolute Gasteiger partial charge is 0.350 e. The third-order valence-corrected chi connectivity index (χ3v) is 3.42. The van der Waals surface area contributed by atoms with Crippen molar-refractivity contribution >= 4 is 5.91 Å². The van der Waals surface area contributed by atoms with Gasteiger partial charge in [0.25, 0.3) is 5.91 Å². The van der Waals surface area contributed by atoms with Crippen LogP contribution in [0.25, 0.3) is 0 Å². The first kappa shape index (κ1) is 15.3. The number of hydrogen-bond acceptors (Lipinski definition) is 2. The highest BCUT2D eigenvalue weighted by molar-refractivity contribution is 5.92. The Balaban J connectivity index is 1.98. The minimum atomic E-state index is -0.0149. The van der Waals surface area contributed by atoms with E-state index in [4.69, 9.17) is 0 Å². The maximum atomic E-state index is 12.3. The number of benzene rings is 1. The van der Waals surface area contributed by atoms with Crippen molar-refractivity contribution in [3.8, 4) is 0 Å². The minimum absolute atomic E-state index is 0.0149. The topological polar surface area (TPSA) is 46.1 Å². The molecule has 0 saturated carbocycles. The monoisotopic (exact) mass is 285 g/mol. The van der Waals surface area contributed by atoms with Crippen molar-refractivity contribution in [1.29, 1.82) is 0 Å². The number of amides is 1. The lowest BCUT2D eigenvalue weighted by molar-refractivity contribution is 0.0939. The third kappa shape index (κ3) is 4.46. The first-order chi connectivity index (χ1) is 10.2. The average Bonchev–Trinajstić information content (AvgIpc) is 2.94. The molecule has 21 heavy (non-hydrogen) atoms. The minimum Gasteiger partial charge on any atom is -0.350 e. The van der Waals surface area contributed by atoms with E-state index in [9.17, 15) is 4.79 Å². The Kier molecular flexibility index (Phi) is 5.58. The molecule has 1 aromatic carbocycles. The molecule has 0 aliphatic heterocycles. The number of aromatic nitrogens is 1. The fraction of sp³-hybridized carbons (Fsp3) is 0.353. The summed E-state index contributed by atoms with van der Waals surface area (Å²) in [6.45, 7) is 4.39. The molecule has 0 radical (unpaired) electrons. The van der Waals surface area contributed by atoms with Gasteiger partial charge in [0, 0.05) is 19.3 Å². The van der Waals surface area contributed by atoms with Crippen LogP contribution in [0.3, 0.4) is 0 Å². The molecule has 1 unspecified atom stereocenters. The molecule has 1 heterocycles. The van der Waals surface area contributed by atoms with Gasteiger partial charge in [-0.25, -0.2) is 0 Å². The van der Waals surface area contributed by atoms with Crippen LogP contribution < -0.4 is 10.6 Å². The number of rotatable bonds is 7. The van der Waals surface area contributed by atoms with Gasteiger partial charge in [0.05, 0.1) is 0 Å². The fourth-order valence-corrected chi connectivity index (χ4v) is 2.32. The zero-order valence-electron chi connectivity index (χ0n) is 12.7. The lowest BCUT2D eigenvalue weighted by Crippen LogP contribution is -2.33. The predicted octanol–water partition coefficient (Wildman–Crippen LogP) is 2.12. The summed E-state index contributed by atoms with van der Waals surface area (Å²) in [5.74, 6) is 0.398. The Morgan fingerprint density at radius 1 is 1.14 bits per heavy atom. The van der Waals surface area contributed by atoms with Gasteiger partial charge < -0.3 is 15.2 Å². The van der Waals surface area contributed by atoms with Crippen molar-refractivity contribution in [3.63, 3.8) is 0 Å². The van der Waals surface area contributed by atoms with Crippen LogP contribution in [0, 0.1) is 5.92 Å². The summed E-state index contributed by atoms with van der Waals surface area (Å²) >= 11 is 0. The molecule has 0 bridgehead atoms. The highest BCUT2D eigenvalue weighted by Gasteiger charge is 2.11. The SMILES string of the molecule is CNCC(C)CNC(=O)c1cccn1Cc1ccccc1. The highest BCUT2D eigenvalue weighted by Crippen LogP contribution is 2.08. The number of carbonyl (C=O) groups is 1. The summed E-state index contributed by atoms with van der Waals surface area (Å²) in [4.78, 5) is 12.3. The standard InChI is InChI=1S/C17H23N3O/c1-14(11-18-2)12-19-17(21)16-9-6-10-20(16)13-15-7-4-3-5-8-15/h3-10,14,18H,11-13H2,1-2H3,(H,19,21). The van der Waals surface area contributed by atoms with Gasteiger partial charge in [0.1, 0.15) is 5.69 Å². The van der Waals surface area contributed by atoms with Crippen molar-refractivity contribution in [2.24, 2.45) is 5.92 Å². The average molecular weight is 285 g/mol. The zero-order valence-corrected chi connectivity index (χ0v) is 12.7. The Labute approximate surface area is 126 Å². The van der Waals surface area contributed by atoms with Crippen molar-refractivity contribution in [3.05, 3.63) is 59.9 Å². The molecule has 0 saturated heterocycles. The lowest BCUT2D eigenvalue weighted by Gasteiger charge is -2.13. The van der Waals surface area contributed by atoms with E-state index in [0.29, 0.717) is 24.7 Å². The van der Waals surface area contributed by atoms with Crippen molar-refractivity contribution < 1.29 is 4.79 Å². The first-order valence-electron chi connectivity index (χ1n) is 7.32. The van der Waals surface area contributed by atoms with Crippen LogP contribution >= 0.6 is 0 Å². The number of hydrogen-bond donors (Lipinski definition) is 2. The van der Waals surface area contributed by atoms with E-state index >= 15 is 0 Å². The Hall–Kier alpha value is -2.07. The molecule has 2 N–H and O–H groups in total. The van der Waals surface area contributed by atoms with Crippen molar-refractivity contribution in [2.45, 2.75) is 13.5 Å². The van der Waals surface area contributed by atoms with Gasteiger partial charge in [-0.2, -0.15) is 0 Å². The van der Waals surface area contributed by atoms with Crippen LogP contribution in [0.2, 0.25) is 0 Å². The zero-order chi connectivity index (χ0) is 15.1. The van der Waals surface area contributed by atoms with E-state index in [2.05, 4.69) is 29.7 Å². The molecule has 0 aliphatic rings. The van der Waals surface area contributed by atoms with Crippen molar-refractivity contribution in [1.82, 2.24) is 15.2 Å². The first-order valence-corrected chi connectivity index (χ1v) is 7.32. The molecule has 1 aromatic heterocycles. The smallest absolute Gasteiger partial charge is 0.267 e. The van der Waals surface area contributed by atoms with E-state index in [1.165, 1.54) is 5.56 Å². The molecular weight excluding hydrogens is 262 g/mol. The van der Waals surface area contributed by atoms with E-state index in [0.717, 1.165) is 6.54 Å². The molecule has 2 rings (SSSR count). The molecule has 112 valence electrons. The van der Waals surface area contributed by atoms with Gasteiger partial charge >= 0.3 is 0 Å². The van der Waals surface area contributed by atoms with Crippen LogP contribution in [0.15, 0.2) is 48.7 Å². The molecule has 1 atom stereocenters. The molecular formula is C17H23N3O. The summed E-state index contributed by atoms with van der Waals surface area (Å²) in [7, 11) is 1.92. The third-order valence-electron chi connectivity index (χ3n) is 3.42. The van der Waals surface area contributed by atoms with Crippen molar-refractivity contribution in [2.75, 3.05) is 20.1 Å². The van der Waals surface area contributed by atoms with Crippen LogP contribution in [0.5, 0.6) is 0 Å². The number of nitrogens with one attached hydrogen (secondary N) is 2. The molecule has 0 aliphatic carbocycles. The van der Waals surface area contributed by atoms with E-state index in [1.54, 1.807) is 0 Å². The fourth-order valence-electron chi connectivity index (χ4n) is 2.32. The molecule has 4 heteroatoms. The van der Waals surface area contributed by atoms with Crippen LogP contribution in [0.4, 0.5) is 0 Å². The predicted molar refractivity (Wildman–Crippen MR) is 85.4 cm³/mol.